The molecule has 0 unspecified atom stereocenters. The molecule has 0 saturated heterocycles. The monoisotopic (exact) mass is 335 g/mol. The van der Waals surface area contributed by atoms with Gasteiger partial charge in [-0.2, -0.15) is 5.10 Å². The second kappa shape index (κ2) is 7.35. The van der Waals surface area contributed by atoms with E-state index in [0.717, 1.165) is 5.69 Å². The van der Waals surface area contributed by atoms with Crippen molar-refractivity contribution in [2.45, 2.75) is 0 Å². The number of phenols is 1. The lowest BCUT2D eigenvalue weighted by Crippen LogP contribution is -2.19. The number of hydrogen-bond donors (Lipinski definition) is 2. The molecule has 1 heterocycles. The Morgan fingerprint density at radius 2 is 1.92 bits per heavy atom. The van der Waals surface area contributed by atoms with Gasteiger partial charge in [0.15, 0.2) is 11.5 Å². The Kier molecular flexibility index (Phi) is 4.80. The fourth-order valence-corrected chi connectivity index (χ4v) is 2.40. The number of benzene rings is 2. The number of hydrazone groups is 1. The van der Waals surface area contributed by atoms with Gasteiger partial charge < -0.3 is 14.4 Å². The van der Waals surface area contributed by atoms with Gasteiger partial charge in [-0.1, -0.05) is 12.1 Å². The number of nitrogens with one attached hydrogen (secondary N) is 1. The Labute approximate surface area is 145 Å². The van der Waals surface area contributed by atoms with Gasteiger partial charge in [0.2, 0.25) is 0 Å². The number of amides is 1. The van der Waals surface area contributed by atoms with E-state index in [9.17, 15) is 9.90 Å². The van der Waals surface area contributed by atoms with Crippen LogP contribution < -0.4 is 10.2 Å². The Morgan fingerprint density at radius 3 is 2.64 bits per heavy atom. The van der Waals surface area contributed by atoms with Gasteiger partial charge >= 0.3 is 0 Å². The van der Waals surface area contributed by atoms with Crippen molar-refractivity contribution < 1.29 is 14.6 Å². The van der Waals surface area contributed by atoms with Gasteiger partial charge in [0.25, 0.3) is 5.91 Å². The summed E-state index contributed by atoms with van der Waals surface area (Å²) in [5.41, 5.74) is 4.41. The highest BCUT2D eigenvalue weighted by atomic mass is 16.5. The highest BCUT2D eigenvalue weighted by Crippen LogP contribution is 2.25. The van der Waals surface area contributed by atoms with Crippen LogP contribution in [0.4, 0.5) is 0 Å². The van der Waals surface area contributed by atoms with Crippen LogP contribution in [0.2, 0.25) is 0 Å². The van der Waals surface area contributed by atoms with E-state index in [2.05, 4.69) is 10.5 Å². The molecule has 0 aliphatic rings. The first-order valence-corrected chi connectivity index (χ1v) is 7.62. The molecule has 0 bridgehead atoms. The van der Waals surface area contributed by atoms with Crippen LogP contribution in [-0.4, -0.2) is 28.9 Å². The number of para-hydroxylation sites is 1. The van der Waals surface area contributed by atoms with E-state index in [1.807, 2.05) is 41.2 Å². The van der Waals surface area contributed by atoms with Gasteiger partial charge in [-0.15, -0.1) is 0 Å². The van der Waals surface area contributed by atoms with Gasteiger partial charge in [-0.25, -0.2) is 5.43 Å². The number of nitrogens with zero attached hydrogens (tertiary/aromatic N) is 2. The molecular weight excluding hydrogens is 318 g/mol. The van der Waals surface area contributed by atoms with Crippen molar-refractivity contribution in [1.82, 2.24) is 9.99 Å². The Morgan fingerprint density at radius 1 is 1.16 bits per heavy atom. The van der Waals surface area contributed by atoms with Crippen molar-refractivity contribution in [3.8, 4) is 17.2 Å². The number of carbonyl (C=O) groups is 1. The number of aromatic nitrogens is 1. The number of carbonyl (C=O) groups excluding carboxylic acids is 1. The lowest BCUT2D eigenvalue weighted by molar-refractivity contribution is 0.0955. The molecule has 0 spiro atoms. The molecule has 3 aromatic rings. The summed E-state index contributed by atoms with van der Waals surface area (Å²) < 4.78 is 6.84. The predicted molar refractivity (Wildman–Crippen MR) is 95.5 cm³/mol. The van der Waals surface area contributed by atoms with E-state index in [-0.39, 0.29) is 11.7 Å². The summed E-state index contributed by atoms with van der Waals surface area (Å²) in [4.78, 5) is 12.4. The lowest BCUT2D eigenvalue weighted by atomic mass is 10.1. The van der Waals surface area contributed by atoms with Crippen LogP contribution in [-0.2, 0) is 0 Å². The largest absolute Gasteiger partial charge is 0.504 e. The highest BCUT2D eigenvalue weighted by Gasteiger charge is 2.11. The first-order valence-electron chi connectivity index (χ1n) is 7.62. The second-order valence-electron chi connectivity index (χ2n) is 5.24. The lowest BCUT2D eigenvalue weighted by Gasteiger charge is -2.09. The SMILES string of the molecule is COc1ccc(/C=N\NC(=O)c2ccccc2-n2cccc2)cc1O. The first-order chi connectivity index (χ1) is 12.2. The van der Waals surface area contributed by atoms with Crippen molar-refractivity contribution in [3.63, 3.8) is 0 Å². The third kappa shape index (κ3) is 3.69. The van der Waals surface area contributed by atoms with E-state index in [4.69, 9.17) is 4.74 Å². The van der Waals surface area contributed by atoms with Crippen molar-refractivity contribution in [2.24, 2.45) is 5.10 Å². The zero-order valence-corrected chi connectivity index (χ0v) is 13.6. The summed E-state index contributed by atoms with van der Waals surface area (Å²) in [6.07, 6.45) is 5.19. The summed E-state index contributed by atoms with van der Waals surface area (Å²) in [6, 6.07) is 15.9. The summed E-state index contributed by atoms with van der Waals surface area (Å²) in [5, 5.41) is 13.7. The standard InChI is InChI=1S/C19H17N3O3/c1-25-18-9-8-14(12-17(18)23)13-20-21-19(24)15-6-2-3-7-16(15)22-10-4-5-11-22/h2-13,23H,1H3,(H,21,24)/b20-13-. The number of ether oxygens (including phenoxy) is 1. The molecule has 6 nitrogen and oxygen atoms in total. The fraction of sp³-hybridized carbons (Fsp3) is 0.0526. The quantitative estimate of drug-likeness (QED) is 0.556. The molecule has 0 radical (unpaired) electrons. The van der Waals surface area contributed by atoms with E-state index in [1.165, 1.54) is 19.4 Å². The number of hydrogen-bond acceptors (Lipinski definition) is 4. The van der Waals surface area contributed by atoms with E-state index >= 15 is 0 Å². The smallest absolute Gasteiger partial charge is 0.273 e. The van der Waals surface area contributed by atoms with E-state index in [1.54, 1.807) is 24.3 Å². The molecule has 0 fully saturated rings. The third-order valence-electron chi connectivity index (χ3n) is 3.61. The molecule has 1 amide bonds. The molecule has 3 rings (SSSR count). The minimum Gasteiger partial charge on any atom is -0.504 e. The summed E-state index contributed by atoms with van der Waals surface area (Å²) in [5.74, 6) is 0.0656. The van der Waals surface area contributed by atoms with Crippen LogP contribution in [0.3, 0.4) is 0 Å². The molecule has 126 valence electrons. The van der Waals surface area contributed by atoms with Gasteiger partial charge in [-0.05, 0) is 48.0 Å². The average Bonchev–Trinajstić information content (AvgIpc) is 3.16. The molecule has 0 saturated carbocycles. The topological polar surface area (TPSA) is 75.8 Å². The fourth-order valence-electron chi connectivity index (χ4n) is 2.40. The van der Waals surface area contributed by atoms with E-state index in [0.29, 0.717) is 16.9 Å². The zero-order valence-electron chi connectivity index (χ0n) is 13.6. The van der Waals surface area contributed by atoms with Crippen molar-refractivity contribution in [3.05, 3.63) is 78.1 Å². The maximum Gasteiger partial charge on any atom is 0.273 e. The van der Waals surface area contributed by atoms with Crippen LogP contribution in [0, 0.1) is 0 Å². The van der Waals surface area contributed by atoms with Crippen LogP contribution in [0.5, 0.6) is 11.5 Å². The molecule has 0 atom stereocenters. The van der Waals surface area contributed by atoms with Crippen molar-refractivity contribution in [2.75, 3.05) is 7.11 Å². The Bertz CT molecular complexity index is 902. The number of aromatic hydroxyl groups is 1. The molecule has 0 aliphatic carbocycles. The maximum atomic E-state index is 12.4. The third-order valence-corrected chi connectivity index (χ3v) is 3.61. The molecule has 2 aromatic carbocycles. The second-order valence-corrected chi connectivity index (χ2v) is 5.24. The maximum absolute atomic E-state index is 12.4. The molecule has 2 N–H and O–H groups in total. The minimum absolute atomic E-state index is 0.00994. The Hall–Kier alpha value is -3.54. The number of methoxy groups -OCH3 is 1. The zero-order chi connectivity index (χ0) is 17.6. The van der Waals surface area contributed by atoms with E-state index < -0.39 is 0 Å². The van der Waals surface area contributed by atoms with Crippen LogP contribution in [0.15, 0.2) is 72.1 Å². The first kappa shape index (κ1) is 16.3. The van der Waals surface area contributed by atoms with Gasteiger partial charge in [0.1, 0.15) is 0 Å². The molecule has 0 aliphatic heterocycles. The number of rotatable bonds is 5. The van der Waals surface area contributed by atoms with Gasteiger partial charge in [-0.3, -0.25) is 4.79 Å². The summed E-state index contributed by atoms with van der Waals surface area (Å²) in [7, 11) is 1.48. The van der Waals surface area contributed by atoms with Crippen LogP contribution in [0.1, 0.15) is 15.9 Å². The van der Waals surface area contributed by atoms with Crippen molar-refractivity contribution >= 4 is 12.1 Å². The summed E-state index contributed by atoms with van der Waals surface area (Å²) in [6.45, 7) is 0. The van der Waals surface area contributed by atoms with Gasteiger partial charge in [0, 0.05) is 12.4 Å². The van der Waals surface area contributed by atoms with Crippen LogP contribution in [0.25, 0.3) is 5.69 Å². The molecule has 25 heavy (non-hydrogen) atoms. The molecule has 6 heteroatoms. The van der Waals surface area contributed by atoms with Crippen LogP contribution >= 0.6 is 0 Å². The predicted octanol–water partition coefficient (Wildman–Crippen LogP) is 2.96. The Balaban J connectivity index is 1.74. The normalized spacial score (nSPS) is 10.8. The highest BCUT2D eigenvalue weighted by molar-refractivity contribution is 5.98. The van der Waals surface area contributed by atoms with Crippen molar-refractivity contribution in [1.29, 1.82) is 0 Å². The average molecular weight is 335 g/mol. The van der Waals surface area contributed by atoms with Gasteiger partial charge in [0.05, 0.1) is 24.6 Å². The number of phenolic OH excluding ortho intramolecular Hbond substituents is 1. The summed E-state index contributed by atoms with van der Waals surface area (Å²) >= 11 is 0. The minimum atomic E-state index is -0.321. The molecule has 1 aromatic heterocycles. The molecular formula is C19H17N3O3.